The number of rotatable bonds is 6. The van der Waals surface area contributed by atoms with Crippen LogP contribution < -0.4 is 5.32 Å². The van der Waals surface area contributed by atoms with E-state index in [1.165, 1.54) is 18.5 Å². The molecule has 122 valence electrons. The number of aromatic nitrogens is 3. The van der Waals surface area contributed by atoms with E-state index >= 15 is 0 Å². The lowest BCUT2D eigenvalue weighted by Gasteiger charge is -2.20. The van der Waals surface area contributed by atoms with Crippen LogP contribution in [0.4, 0.5) is 15.8 Å². The minimum absolute atomic E-state index is 0.189. The van der Waals surface area contributed by atoms with Crippen molar-refractivity contribution in [2.45, 2.75) is 12.6 Å². The van der Waals surface area contributed by atoms with Gasteiger partial charge in [-0.1, -0.05) is 30.3 Å². The van der Waals surface area contributed by atoms with Gasteiger partial charge < -0.3 is 5.32 Å². The Morgan fingerprint density at radius 2 is 2.04 bits per heavy atom. The summed E-state index contributed by atoms with van der Waals surface area (Å²) in [4.78, 5) is 14.0. The van der Waals surface area contributed by atoms with Crippen molar-refractivity contribution in [2.24, 2.45) is 0 Å². The Labute approximate surface area is 136 Å². The number of anilines is 1. The third-order valence-corrected chi connectivity index (χ3v) is 3.53. The first-order valence-electron chi connectivity index (χ1n) is 7.21. The van der Waals surface area contributed by atoms with Crippen LogP contribution in [0.3, 0.4) is 0 Å². The van der Waals surface area contributed by atoms with E-state index in [0.717, 1.165) is 11.6 Å². The summed E-state index contributed by atoms with van der Waals surface area (Å²) in [5, 5.41) is 17.9. The van der Waals surface area contributed by atoms with Gasteiger partial charge in [-0.15, -0.1) is 0 Å². The number of nitrogens with zero attached hydrogens (tertiary/aromatic N) is 4. The number of nitrogens with one attached hydrogen (secondary N) is 1. The molecule has 0 saturated heterocycles. The minimum atomic E-state index is -0.677. The van der Waals surface area contributed by atoms with Crippen molar-refractivity contribution < 1.29 is 9.31 Å². The molecular formula is C16H14FN5O2. The molecule has 0 saturated carbocycles. The Hall–Kier alpha value is -3.29. The molecule has 0 aliphatic rings. The van der Waals surface area contributed by atoms with Gasteiger partial charge in [-0.25, -0.2) is 9.37 Å². The average Bonchev–Trinajstić information content (AvgIpc) is 3.09. The summed E-state index contributed by atoms with van der Waals surface area (Å²) in [6.07, 6.45) is 3.00. The lowest BCUT2D eigenvalue weighted by Crippen LogP contribution is -2.18. The van der Waals surface area contributed by atoms with E-state index in [-0.39, 0.29) is 17.4 Å². The molecular weight excluding hydrogens is 313 g/mol. The van der Waals surface area contributed by atoms with Crippen LogP contribution in [-0.4, -0.2) is 19.7 Å². The van der Waals surface area contributed by atoms with Crippen molar-refractivity contribution >= 4 is 11.4 Å². The molecule has 0 amide bonds. The molecule has 1 heterocycles. The van der Waals surface area contributed by atoms with Crippen LogP contribution in [-0.2, 0) is 6.54 Å². The highest BCUT2D eigenvalue weighted by molar-refractivity contribution is 5.51. The zero-order chi connectivity index (χ0) is 16.9. The molecule has 8 heteroatoms. The van der Waals surface area contributed by atoms with Gasteiger partial charge >= 0.3 is 0 Å². The van der Waals surface area contributed by atoms with E-state index in [1.54, 1.807) is 11.0 Å². The number of benzene rings is 2. The molecule has 3 aromatic rings. The van der Waals surface area contributed by atoms with Crippen molar-refractivity contribution in [1.29, 1.82) is 0 Å². The Morgan fingerprint density at radius 3 is 2.67 bits per heavy atom. The van der Waals surface area contributed by atoms with Gasteiger partial charge in [0.1, 0.15) is 12.7 Å². The number of non-ortho nitro benzene ring substituents is 1. The molecule has 0 radical (unpaired) electrons. The van der Waals surface area contributed by atoms with Crippen LogP contribution >= 0.6 is 0 Å². The molecule has 1 N–H and O–H groups in total. The van der Waals surface area contributed by atoms with E-state index < -0.39 is 10.7 Å². The lowest BCUT2D eigenvalue weighted by molar-refractivity contribution is -0.385. The van der Waals surface area contributed by atoms with E-state index in [0.29, 0.717) is 6.54 Å². The molecule has 3 rings (SSSR count). The summed E-state index contributed by atoms with van der Waals surface area (Å²) < 4.78 is 15.8. The highest BCUT2D eigenvalue weighted by Crippen LogP contribution is 2.26. The molecule has 0 bridgehead atoms. The van der Waals surface area contributed by atoms with Crippen LogP contribution in [0.1, 0.15) is 11.6 Å². The largest absolute Gasteiger partial charge is 0.374 e. The Kier molecular flexibility index (Phi) is 4.46. The minimum Gasteiger partial charge on any atom is -0.374 e. The van der Waals surface area contributed by atoms with Crippen molar-refractivity contribution in [3.63, 3.8) is 0 Å². The maximum atomic E-state index is 14.2. The molecule has 0 aliphatic heterocycles. The summed E-state index contributed by atoms with van der Waals surface area (Å²) in [6, 6.07) is 12.8. The van der Waals surface area contributed by atoms with Gasteiger partial charge in [-0.2, -0.15) is 5.10 Å². The van der Waals surface area contributed by atoms with E-state index in [2.05, 4.69) is 15.4 Å². The second-order valence-corrected chi connectivity index (χ2v) is 5.15. The summed E-state index contributed by atoms with van der Waals surface area (Å²) in [7, 11) is 0. The van der Waals surface area contributed by atoms with Gasteiger partial charge in [0.2, 0.25) is 0 Å². The zero-order valence-electron chi connectivity index (χ0n) is 12.5. The Balaban J connectivity index is 1.88. The highest BCUT2D eigenvalue weighted by Gasteiger charge is 2.16. The predicted octanol–water partition coefficient (Wildman–Crippen LogP) is 3.18. The number of halogens is 1. The third kappa shape index (κ3) is 3.54. The second kappa shape index (κ2) is 6.86. The summed E-state index contributed by atoms with van der Waals surface area (Å²) in [5.74, 6) is -0.677. The molecule has 0 unspecified atom stereocenters. The van der Waals surface area contributed by atoms with Crippen molar-refractivity contribution in [1.82, 2.24) is 14.8 Å². The first kappa shape index (κ1) is 15.6. The average molecular weight is 327 g/mol. The number of hydrogen-bond donors (Lipinski definition) is 1. The van der Waals surface area contributed by atoms with Crippen LogP contribution in [0, 0.1) is 15.9 Å². The lowest BCUT2D eigenvalue weighted by atomic mass is 10.1. The summed E-state index contributed by atoms with van der Waals surface area (Å²) in [5.41, 5.74) is 0.839. The molecule has 0 spiro atoms. The van der Waals surface area contributed by atoms with Crippen LogP contribution in [0.25, 0.3) is 0 Å². The van der Waals surface area contributed by atoms with Gasteiger partial charge in [0, 0.05) is 6.07 Å². The maximum Gasteiger partial charge on any atom is 0.272 e. The predicted molar refractivity (Wildman–Crippen MR) is 85.9 cm³/mol. The van der Waals surface area contributed by atoms with Gasteiger partial charge in [0.15, 0.2) is 5.82 Å². The number of nitro benzene ring substituents is 1. The van der Waals surface area contributed by atoms with Crippen LogP contribution in [0.5, 0.6) is 0 Å². The second-order valence-electron chi connectivity index (χ2n) is 5.15. The Morgan fingerprint density at radius 1 is 1.25 bits per heavy atom. The Bertz CT molecular complexity index is 824. The summed E-state index contributed by atoms with van der Waals surface area (Å²) >= 11 is 0. The molecule has 0 aliphatic carbocycles. The van der Waals surface area contributed by atoms with Crippen molar-refractivity contribution in [3.8, 4) is 0 Å². The smallest absolute Gasteiger partial charge is 0.272 e. The number of hydrogen-bond acceptors (Lipinski definition) is 5. The topological polar surface area (TPSA) is 85.9 Å². The summed E-state index contributed by atoms with van der Waals surface area (Å²) in [6.45, 7) is 0.431. The molecule has 1 aromatic heterocycles. The third-order valence-electron chi connectivity index (χ3n) is 3.53. The molecule has 24 heavy (non-hydrogen) atoms. The van der Waals surface area contributed by atoms with E-state index in [9.17, 15) is 14.5 Å². The molecule has 1 atom stereocenters. The van der Waals surface area contributed by atoms with Gasteiger partial charge in [0.25, 0.3) is 5.69 Å². The molecule has 2 aromatic carbocycles. The van der Waals surface area contributed by atoms with E-state index in [4.69, 9.17) is 0 Å². The van der Waals surface area contributed by atoms with Crippen LogP contribution in [0.2, 0.25) is 0 Å². The maximum absolute atomic E-state index is 14.2. The fourth-order valence-electron chi connectivity index (χ4n) is 2.36. The normalized spacial score (nSPS) is 11.9. The van der Waals surface area contributed by atoms with E-state index in [1.807, 2.05) is 30.3 Å². The van der Waals surface area contributed by atoms with Gasteiger partial charge in [-0.3, -0.25) is 14.8 Å². The fraction of sp³-hybridized carbons (Fsp3) is 0.125. The standard InChI is InChI=1S/C16H14FN5O2/c17-14-8-13(22(23)24)6-7-15(14)20-16(9-21-11-18-10-19-21)12-4-2-1-3-5-12/h1-8,10-11,16,20H,9H2/t16-/m1/s1. The van der Waals surface area contributed by atoms with Crippen molar-refractivity contribution in [3.05, 3.63) is 82.7 Å². The number of nitro groups is 1. The highest BCUT2D eigenvalue weighted by atomic mass is 19.1. The molecule has 0 fully saturated rings. The fourth-order valence-corrected chi connectivity index (χ4v) is 2.36. The van der Waals surface area contributed by atoms with Crippen LogP contribution in [0.15, 0.2) is 61.2 Å². The first-order chi connectivity index (χ1) is 11.6. The molecule has 7 nitrogen and oxygen atoms in total. The van der Waals surface area contributed by atoms with Gasteiger partial charge in [0.05, 0.1) is 29.3 Å². The quantitative estimate of drug-likeness (QED) is 0.555. The van der Waals surface area contributed by atoms with Crippen molar-refractivity contribution in [2.75, 3.05) is 5.32 Å². The SMILES string of the molecule is O=[N+]([O-])c1ccc(N[C@H](Cn2cncn2)c2ccccc2)c(F)c1. The van der Waals surface area contributed by atoms with Gasteiger partial charge in [-0.05, 0) is 11.6 Å². The first-order valence-corrected chi connectivity index (χ1v) is 7.21. The monoisotopic (exact) mass is 327 g/mol. The zero-order valence-corrected chi connectivity index (χ0v) is 12.5.